The number of hydrogen-bond donors (Lipinski definition) is 3. The van der Waals surface area contributed by atoms with Crippen LogP contribution in [0.5, 0.6) is 0 Å². The predicted molar refractivity (Wildman–Crippen MR) is 255 cm³/mol. The molecule has 59 heavy (non-hydrogen) atoms. The first-order valence-electron chi connectivity index (χ1n) is 26.8. The Hall–Kier alpha value is -1.14. The number of nitrogens with one attached hydrogen (secondary N) is 1. The van der Waals surface area contributed by atoms with Crippen molar-refractivity contribution in [3.05, 3.63) is 0 Å². The van der Waals surface area contributed by atoms with E-state index in [0.29, 0.717) is 25.9 Å². The van der Waals surface area contributed by atoms with E-state index in [9.17, 15) is 19.8 Å². The Bertz CT molecular complexity index is 837. The second-order valence-corrected chi connectivity index (χ2v) is 18.6. The van der Waals surface area contributed by atoms with Gasteiger partial charge in [-0.3, -0.25) is 9.59 Å². The number of amides is 1. The molecule has 6 heteroatoms. The van der Waals surface area contributed by atoms with E-state index in [1.54, 1.807) is 0 Å². The molecule has 0 saturated heterocycles. The van der Waals surface area contributed by atoms with Crippen molar-refractivity contribution in [2.24, 2.45) is 0 Å². The molecular formula is C53H105NO5. The summed E-state index contributed by atoms with van der Waals surface area (Å²) in [6, 6.07) is -0.556. The van der Waals surface area contributed by atoms with Crippen molar-refractivity contribution >= 4 is 11.9 Å². The van der Waals surface area contributed by atoms with E-state index in [4.69, 9.17) is 4.74 Å². The van der Waals surface area contributed by atoms with Gasteiger partial charge in [-0.15, -0.1) is 0 Å². The summed E-state index contributed by atoms with van der Waals surface area (Å²) in [5, 5.41) is 23.2. The minimum atomic E-state index is -0.677. The Morgan fingerprint density at radius 2 is 0.695 bits per heavy atom. The number of carbonyl (C=O) groups is 2. The smallest absolute Gasteiger partial charge is 0.305 e. The van der Waals surface area contributed by atoms with E-state index < -0.39 is 12.1 Å². The number of aliphatic hydroxyl groups excluding tert-OH is 2. The van der Waals surface area contributed by atoms with Crippen molar-refractivity contribution in [3.8, 4) is 0 Å². The zero-order valence-electron chi connectivity index (χ0n) is 40.0. The molecule has 0 heterocycles. The van der Waals surface area contributed by atoms with Gasteiger partial charge in [-0.25, -0.2) is 0 Å². The molecule has 2 atom stereocenters. The van der Waals surface area contributed by atoms with Crippen LogP contribution in [0.15, 0.2) is 0 Å². The molecule has 352 valence electrons. The molecule has 0 fully saturated rings. The minimum absolute atomic E-state index is 0.0149. The Labute approximate surface area is 368 Å². The van der Waals surface area contributed by atoms with Gasteiger partial charge in [0.05, 0.1) is 25.4 Å². The number of carbonyl (C=O) groups excluding carboxylic acids is 2. The normalized spacial score (nSPS) is 12.5. The van der Waals surface area contributed by atoms with E-state index in [2.05, 4.69) is 19.2 Å². The second kappa shape index (κ2) is 49.5. The molecule has 0 aromatic carbocycles. The molecule has 0 rings (SSSR count). The van der Waals surface area contributed by atoms with Gasteiger partial charge in [0.1, 0.15) is 0 Å². The first-order chi connectivity index (χ1) is 29.0. The summed E-state index contributed by atoms with van der Waals surface area (Å²) < 4.78 is 5.46. The summed E-state index contributed by atoms with van der Waals surface area (Å²) >= 11 is 0. The third-order valence-electron chi connectivity index (χ3n) is 12.7. The highest BCUT2D eigenvalue weighted by molar-refractivity contribution is 5.76. The standard InChI is InChI=1S/C53H105NO5/c1-3-5-7-9-11-13-15-17-19-20-22-23-25-29-33-37-41-45-51(56)50(49-55)54-52(57)46-42-38-34-30-27-28-32-36-40-44-48-59-53(58)47-43-39-35-31-26-24-21-18-16-14-12-10-8-6-4-2/h50-51,55-56H,3-49H2,1-2H3,(H,54,57). The first-order valence-corrected chi connectivity index (χ1v) is 26.8. The zero-order valence-corrected chi connectivity index (χ0v) is 40.0. The average Bonchev–Trinajstić information content (AvgIpc) is 3.24. The van der Waals surface area contributed by atoms with Crippen LogP contribution in [0.3, 0.4) is 0 Å². The van der Waals surface area contributed by atoms with Crippen LogP contribution in [0.25, 0.3) is 0 Å². The fraction of sp³-hybridized carbons (Fsp3) is 0.962. The van der Waals surface area contributed by atoms with E-state index in [-0.39, 0.29) is 18.5 Å². The fourth-order valence-electron chi connectivity index (χ4n) is 8.52. The third kappa shape index (κ3) is 46.2. The van der Waals surface area contributed by atoms with Gasteiger partial charge in [0.2, 0.25) is 5.91 Å². The van der Waals surface area contributed by atoms with Crippen LogP contribution in [-0.4, -0.2) is 47.4 Å². The van der Waals surface area contributed by atoms with Crippen molar-refractivity contribution in [2.45, 2.75) is 315 Å². The Balaban J connectivity index is 3.46. The van der Waals surface area contributed by atoms with Gasteiger partial charge in [-0.05, 0) is 25.7 Å². The highest BCUT2D eigenvalue weighted by atomic mass is 16.5. The molecule has 3 N–H and O–H groups in total. The largest absolute Gasteiger partial charge is 0.466 e. The monoisotopic (exact) mass is 836 g/mol. The average molecular weight is 836 g/mol. The van der Waals surface area contributed by atoms with Gasteiger partial charge < -0.3 is 20.3 Å². The molecule has 0 aromatic rings. The van der Waals surface area contributed by atoms with Crippen LogP contribution < -0.4 is 5.32 Å². The molecule has 0 aliphatic rings. The number of aliphatic hydroxyl groups is 2. The summed E-state index contributed by atoms with van der Waals surface area (Å²) in [4.78, 5) is 24.5. The minimum Gasteiger partial charge on any atom is -0.466 e. The maximum absolute atomic E-state index is 12.5. The third-order valence-corrected chi connectivity index (χ3v) is 12.7. The Morgan fingerprint density at radius 1 is 0.407 bits per heavy atom. The van der Waals surface area contributed by atoms with E-state index in [1.165, 1.54) is 212 Å². The Morgan fingerprint density at radius 3 is 1.03 bits per heavy atom. The van der Waals surface area contributed by atoms with Crippen molar-refractivity contribution in [1.82, 2.24) is 5.32 Å². The maximum Gasteiger partial charge on any atom is 0.305 e. The summed E-state index contributed by atoms with van der Waals surface area (Å²) in [7, 11) is 0. The fourth-order valence-corrected chi connectivity index (χ4v) is 8.52. The quantitative estimate of drug-likeness (QED) is 0.0419. The SMILES string of the molecule is CCCCCCCCCCCCCCCCCCCC(O)C(CO)NC(=O)CCCCCCCCCCCCOC(=O)CCCCCCCCCCCCCCCCC. The van der Waals surface area contributed by atoms with Gasteiger partial charge in [-0.2, -0.15) is 0 Å². The van der Waals surface area contributed by atoms with Crippen LogP contribution >= 0.6 is 0 Å². The Kier molecular flexibility index (Phi) is 48.6. The number of unbranched alkanes of at least 4 members (excludes halogenated alkanes) is 39. The van der Waals surface area contributed by atoms with E-state index in [0.717, 1.165) is 57.8 Å². The zero-order chi connectivity index (χ0) is 43.0. The first kappa shape index (κ1) is 57.9. The van der Waals surface area contributed by atoms with E-state index in [1.807, 2.05) is 0 Å². The van der Waals surface area contributed by atoms with Crippen LogP contribution in [0.4, 0.5) is 0 Å². The van der Waals surface area contributed by atoms with E-state index >= 15 is 0 Å². The predicted octanol–water partition coefficient (Wildman–Crippen LogP) is 16.0. The molecule has 0 aliphatic carbocycles. The molecule has 0 radical (unpaired) electrons. The molecule has 0 spiro atoms. The van der Waals surface area contributed by atoms with Gasteiger partial charge in [-0.1, -0.05) is 264 Å². The molecule has 0 aliphatic heterocycles. The topological polar surface area (TPSA) is 95.9 Å². The lowest BCUT2D eigenvalue weighted by atomic mass is 10.0. The molecule has 2 unspecified atom stereocenters. The lowest BCUT2D eigenvalue weighted by molar-refractivity contribution is -0.143. The highest BCUT2D eigenvalue weighted by Gasteiger charge is 2.20. The number of ether oxygens (including phenoxy) is 1. The molecule has 1 amide bonds. The lowest BCUT2D eigenvalue weighted by Crippen LogP contribution is -2.45. The molecule has 0 aromatic heterocycles. The van der Waals surface area contributed by atoms with Crippen molar-refractivity contribution in [2.75, 3.05) is 13.2 Å². The van der Waals surface area contributed by atoms with Gasteiger partial charge in [0.25, 0.3) is 0 Å². The van der Waals surface area contributed by atoms with Gasteiger partial charge in [0, 0.05) is 12.8 Å². The number of hydrogen-bond acceptors (Lipinski definition) is 5. The molecule has 0 bridgehead atoms. The van der Waals surface area contributed by atoms with Crippen molar-refractivity contribution in [3.63, 3.8) is 0 Å². The summed E-state index contributed by atoms with van der Waals surface area (Å²) in [6.45, 7) is 4.92. The number of esters is 1. The van der Waals surface area contributed by atoms with Crippen LogP contribution in [0.2, 0.25) is 0 Å². The van der Waals surface area contributed by atoms with Crippen molar-refractivity contribution in [1.29, 1.82) is 0 Å². The second-order valence-electron chi connectivity index (χ2n) is 18.6. The molecular weight excluding hydrogens is 731 g/mol. The highest BCUT2D eigenvalue weighted by Crippen LogP contribution is 2.17. The van der Waals surface area contributed by atoms with Crippen LogP contribution in [-0.2, 0) is 14.3 Å². The lowest BCUT2D eigenvalue weighted by Gasteiger charge is -2.22. The molecule has 0 saturated carbocycles. The summed E-state index contributed by atoms with van der Waals surface area (Å²) in [5.74, 6) is -0.0694. The van der Waals surface area contributed by atoms with Crippen molar-refractivity contribution < 1.29 is 24.5 Å². The van der Waals surface area contributed by atoms with Gasteiger partial charge in [0.15, 0.2) is 0 Å². The molecule has 6 nitrogen and oxygen atoms in total. The van der Waals surface area contributed by atoms with Crippen LogP contribution in [0.1, 0.15) is 303 Å². The van der Waals surface area contributed by atoms with Crippen LogP contribution in [0, 0.1) is 0 Å². The number of rotatable bonds is 50. The summed E-state index contributed by atoms with van der Waals surface area (Å²) in [5.41, 5.74) is 0. The van der Waals surface area contributed by atoms with Gasteiger partial charge >= 0.3 is 5.97 Å². The maximum atomic E-state index is 12.5. The summed E-state index contributed by atoms with van der Waals surface area (Å²) in [6.07, 6.45) is 55.0.